The molecule has 0 aromatic heterocycles. The van der Waals surface area contributed by atoms with Crippen molar-refractivity contribution in [3.8, 4) is 0 Å². The van der Waals surface area contributed by atoms with Crippen LogP contribution in [0.15, 0.2) is 0 Å². The van der Waals surface area contributed by atoms with Gasteiger partial charge in [0.1, 0.15) is 0 Å². The SMILES string of the molecule is CCCNC(=O)CNCC(=O)NCCOC. The van der Waals surface area contributed by atoms with Gasteiger partial charge in [-0.15, -0.1) is 0 Å². The zero-order valence-electron chi connectivity index (χ0n) is 9.97. The van der Waals surface area contributed by atoms with Gasteiger partial charge in [0, 0.05) is 20.2 Å². The first kappa shape index (κ1) is 14.9. The van der Waals surface area contributed by atoms with Gasteiger partial charge >= 0.3 is 0 Å². The summed E-state index contributed by atoms with van der Waals surface area (Å²) in [5.41, 5.74) is 0. The monoisotopic (exact) mass is 231 g/mol. The molecule has 0 aliphatic carbocycles. The highest BCUT2D eigenvalue weighted by Crippen LogP contribution is 1.71. The lowest BCUT2D eigenvalue weighted by atomic mass is 10.4. The van der Waals surface area contributed by atoms with E-state index in [-0.39, 0.29) is 24.9 Å². The van der Waals surface area contributed by atoms with E-state index in [1.807, 2.05) is 6.92 Å². The highest BCUT2D eigenvalue weighted by atomic mass is 16.5. The zero-order chi connectivity index (χ0) is 12.2. The molecular formula is C10H21N3O3. The molecule has 16 heavy (non-hydrogen) atoms. The van der Waals surface area contributed by atoms with Gasteiger partial charge in [-0.1, -0.05) is 6.92 Å². The van der Waals surface area contributed by atoms with Crippen LogP contribution in [0.5, 0.6) is 0 Å². The van der Waals surface area contributed by atoms with E-state index in [1.54, 1.807) is 7.11 Å². The fraction of sp³-hybridized carbons (Fsp3) is 0.800. The third kappa shape index (κ3) is 9.42. The highest BCUT2D eigenvalue weighted by Gasteiger charge is 2.02. The highest BCUT2D eigenvalue weighted by molar-refractivity contribution is 5.81. The first-order valence-electron chi connectivity index (χ1n) is 5.43. The minimum absolute atomic E-state index is 0.0912. The maximum atomic E-state index is 11.2. The first-order valence-corrected chi connectivity index (χ1v) is 5.43. The molecule has 0 aromatic rings. The lowest BCUT2D eigenvalue weighted by Crippen LogP contribution is -2.40. The molecule has 0 saturated heterocycles. The number of carbonyl (C=O) groups excluding carboxylic acids is 2. The van der Waals surface area contributed by atoms with E-state index < -0.39 is 0 Å². The normalized spacial score (nSPS) is 9.88. The molecule has 0 aromatic carbocycles. The molecule has 3 N–H and O–H groups in total. The third-order valence-electron chi connectivity index (χ3n) is 1.77. The lowest BCUT2D eigenvalue weighted by Gasteiger charge is -2.06. The average Bonchev–Trinajstić information content (AvgIpc) is 2.26. The van der Waals surface area contributed by atoms with Crippen molar-refractivity contribution in [2.75, 3.05) is 39.9 Å². The largest absolute Gasteiger partial charge is 0.383 e. The van der Waals surface area contributed by atoms with Crippen molar-refractivity contribution in [1.29, 1.82) is 0 Å². The molecule has 6 heteroatoms. The van der Waals surface area contributed by atoms with E-state index in [1.165, 1.54) is 0 Å². The summed E-state index contributed by atoms with van der Waals surface area (Å²) in [6, 6.07) is 0. The molecule has 6 nitrogen and oxygen atoms in total. The van der Waals surface area contributed by atoms with E-state index in [0.717, 1.165) is 6.42 Å². The van der Waals surface area contributed by atoms with Crippen molar-refractivity contribution in [3.05, 3.63) is 0 Å². The van der Waals surface area contributed by atoms with Gasteiger partial charge in [-0.05, 0) is 6.42 Å². The number of rotatable bonds is 9. The molecule has 0 aliphatic heterocycles. The Balaban J connectivity index is 3.36. The Morgan fingerprint density at radius 1 is 1.06 bits per heavy atom. The minimum atomic E-state index is -0.139. The molecule has 2 amide bonds. The summed E-state index contributed by atoms with van der Waals surface area (Å²) in [4.78, 5) is 22.3. The Morgan fingerprint density at radius 3 is 2.12 bits per heavy atom. The van der Waals surface area contributed by atoms with E-state index >= 15 is 0 Å². The van der Waals surface area contributed by atoms with Gasteiger partial charge < -0.3 is 15.4 Å². The zero-order valence-corrected chi connectivity index (χ0v) is 9.97. The van der Waals surface area contributed by atoms with Gasteiger partial charge in [0.25, 0.3) is 0 Å². The second kappa shape index (κ2) is 10.4. The van der Waals surface area contributed by atoms with Gasteiger partial charge in [0.2, 0.25) is 11.8 Å². The van der Waals surface area contributed by atoms with Crippen LogP contribution in [0.1, 0.15) is 13.3 Å². The van der Waals surface area contributed by atoms with Crippen LogP contribution in [0.2, 0.25) is 0 Å². The molecule has 0 rings (SSSR count). The Kier molecular flexibility index (Phi) is 9.64. The number of hydrogen-bond donors (Lipinski definition) is 3. The van der Waals surface area contributed by atoms with Crippen molar-refractivity contribution in [2.45, 2.75) is 13.3 Å². The van der Waals surface area contributed by atoms with Crippen LogP contribution in [-0.4, -0.2) is 51.7 Å². The van der Waals surface area contributed by atoms with E-state index in [0.29, 0.717) is 19.7 Å². The van der Waals surface area contributed by atoms with Gasteiger partial charge in [0.15, 0.2) is 0 Å². The van der Waals surface area contributed by atoms with E-state index in [4.69, 9.17) is 4.74 Å². The molecule has 0 fully saturated rings. The van der Waals surface area contributed by atoms with Crippen LogP contribution in [0.3, 0.4) is 0 Å². The molecular weight excluding hydrogens is 210 g/mol. The molecule has 0 heterocycles. The summed E-state index contributed by atoms with van der Waals surface area (Å²) in [5, 5.41) is 8.10. The number of amides is 2. The summed E-state index contributed by atoms with van der Waals surface area (Å²) < 4.78 is 4.78. The summed E-state index contributed by atoms with van der Waals surface area (Å²) in [6.07, 6.45) is 0.906. The van der Waals surface area contributed by atoms with Gasteiger partial charge in [-0.3, -0.25) is 14.9 Å². The fourth-order valence-corrected chi connectivity index (χ4v) is 0.971. The molecule has 0 saturated carbocycles. The first-order chi connectivity index (χ1) is 7.70. The number of ether oxygens (including phenoxy) is 1. The molecule has 0 bridgehead atoms. The van der Waals surface area contributed by atoms with Crippen LogP contribution in [0, 0.1) is 0 Å². The quantitative estimate of drug-likeness (QED) is 0.438. The standard InChI is InChI=1S/C10H21N3O3/c1-3-4-12-9(14)7-11-8-10(15)13-5-6-16-2/h11H,3-8H2,1-2H3,(H,12,14)(H,13,15). The Morgan fingerprint density at radius 2 is 1.62 bits per heavy atom. The molecule has 94 valence electrons. The molecule has 0 atom stereocenters. The van der Waals surface area contributed by atoms with Crippen LogP contribution >= 0.6 is 0 Å². The van der Waals surface area contributed by atoms with E-state index in [9.17, 15) is 9.59 Å². The topological polar surface area (TPSA) is 79.5 Å². The number of nitrogens with one attached hydrogen (secondary N) is 3. The Bertz CT molecular complexity index is 209. The lowest BCUT2D eigenvalue weighted by molar-refractivity contribution is -0.121. The third-order valence-corrected chi connectivity index (χ3v) is 1.77. The van der Waals surface area contributed by atoms with E-state index in [2.05, 4.69) is 16.0 Å². The van der Waals surface area contributed by atoms with Crippen molar-refractivity contribution in [3.63, 3.8) is 0 Å². The summed E-state index contributed by atoms with van der Waals surface area (Å²) >= 11 is 0. The number of hydrogen-bond acceptors (Lipinski definition) is 4. The number of carbonyl (C=O) groups is 2. The van der Waals surface area contributed by atoms with Crippen molar-refractivity contribution >= 4 is 11.8 Å². The second-order valence-corrected chi connectivity index (χ2v) is 3.30. The summed E-state index contributed by atoms with van der Waals surface area (Å²) in [7, 11) is 1.57. The van der Waals surface area contributed by atoms with Crippen LogP contribution < -0.4 is 16.0 Å². The van der Waals surface area contributed by atoms with Crippen LogP contribution in [0.25, 0.3) is 0 Å². The van der Waals surface area contributed by atoms with Gasteiger partial charge in [-0.2, -0.15) is 0 Å². The van der Waals surface area contributed by atoms with Gasteiger partial charge in [-0.25, -0.2) is 0 Å². The maximum Gasteiger partial charge on any atom is 0.234 e. The molecule has 0 unspecified atom stereocenters. The van der Waals surface area contributed by atoms with Crippen molar-refractivity contribution in [1.82, 2.24) is 16.0 Å². The summed E-state index contributed by atoms with van der Waals surface area (Å²) in [6.45, 7) is 3.93. The predicted octanol–water partition coefficient (Wildman–Crippen LogP) is -1.14. The predicted molar refractivity (Wildman–Crippen MR) is 61.1 cm³/mol. The Labute approximate surface area is 96.1 Å². The summed E-state index contributed by atoms with van der Waals surface area (Å²) in [5.74, 6) is -0.230. The van der Waals surface area contributed by atoms with Gasteiger partial charge in [0.05, 0.1) is 19.7 Å². The molecule has 0 radical (unpaired) electrons. The number of methoxy groups -OCH3 is 1. The minimum Gasteiger partial charge on any atom is -0.383 e. The van der Waals surface area contributed by atoms with Crippen LogP contribution in [0.4, 0.5) is 0 Å². The molecule has 0 spiro atoms. The molecule has 0 aliphatic rings. The Hall–Kier alpha value is -1.14. The fourth-order valence-electron chi connectivity index (χ4n) is 0.971. The van der Waals surface area contributed by atoms with Crippen LogP contribution in [-0.2, 0) is 14.3 Å². The maximum absolute atomic E-state index is 11.2. The van der Waals surface area contributed by atoms with Crippen molar-refractivity contribution < 1.29 is 14.3 Å². The second-order valence-electron chi connectivity index (χ2n) is 3.30. The average molecular weight is 231 g/mol. The smallest absolute Gasteiger partial charge is 0.234 e. The van der Waals surface area contributed by atoms with Crippen molar-refractivity contribution in [2.24, 2.45) is 0 Å².